The van der Waals surface area contributed by atoms with Gasteiger partial charge in [-0.05, 0) is 35.6 Å². The SMILES string of the molecule is CC(C)c1ccc(CNC(C)c2cccc(Cl)c2Cl)cc1. The van der Waals surface area contributed by atoms with Crippen molar-refractivity contribution in [2.75, 3.05) is 0 Å². The average Bonchev–Trinajstić information content (AvgIpc) is 2.48. The summed E-state index contributed by atoms with van der Waals surface area (Å²) in [6.07, 6.45) is 0. The Kier molecular flexibility index (Phi) is 5.69. The first-order valence-electron chi connectivity index (χ1n) is 7.25. The molecule has 0 saturated heterocycles. The van der Waals surface area contributed by atoms with E-state index in [4.69, 9.17) is 23.2 Å². The van der Waals surface area contributed by atoms with Crippen molar-refractivity contribution in [3.63, 3.8) is 0 Å². The molecule has 0 aliphatic rings. The normalized spacial score (nSPS) is 12.7. The Labute approximate surface area is 137 Å². The second-order valence-electron chi connectivity index (χ2n) is 5.64. The van der Waals surface area contributed by atoms with E-state index in [9.17, 15) is 0 Å². The van der Waals surface area contributed by atoms with E-state index in [1.807, 2.05) is 18.2 Å². The fourth-order valence-corrected chi connectivity index (χ4v) is 2.73. The summed E-state index contributed by atoms with van der Waals surface area (Å²) in [4.78, 5) is 0. The van der Waals surface area contributed by atoms with Crippen LogP contribution in [-0.4, -0.2) is 0 Å². The highest BCUT2D eigenvalue weighted by atomic mass is 35.5. The standard InChI is InChI=1S/C18H21Cl2N/c1-12(2)15-9-7-14(8-10-15)11-21-13(3)16-5-4-6-17(19)18(16)20/h4-10,12-13,21H,11H2,1-3H3. The van der Waals surface area contributed by atoms with Gasteiger partial charge < -0.3 is 5.32 Å². The summed E-state index contributed by atoms with van der Waals surface area (Å²) in [6, 6.07) is 14.6. The molecule has 112 valence electrons. The molecule has 1 nitrogen and oxygen atoms in total. The third kappa shape index (κ3) is 4.23. The minimum absolute atomic E-state index is 0.154. The molecule has 0 aliphatic heterocycles. The van der Waals surface area contributed by atoms with Crippen molar-refractivity contribution < 1.29 is 0 Å². The fraction of sp³-hybridized carbons (Fsp3) is 0.333. The maximum Gasteiger partial charge on any atom is 0.0639 e. The van der Waals surface area contributed by atoms with Crippen LogP contribution < -0.4 is 5.32 Å². The summed E-state index contributed by atoms with van der Waals surface area (Å²) >= 11 is 12.3. The molecule has 0 spiro atoms. The monoisotopic (exact) mass is 321 g/mol. The second kappa shape index (κ2) is 7.31. The zero-order valence-electron chi connectivity index (χ0n) is 12.7. The second-order valence-corrected chi connectivity index (χ2v) is 6.43. The first-order valence-corrected chi connectivity index (χ1v) is 8.00. The van der Waals surface area contributed by atoms with E-state index >= 15 is 0 Å². The van der Waals surface area contributed by atoms with Crippen LogP contribution in [0.25, 0.3) is 0 Å². The highest BCUT2D eigenvalue weighted by Gasteiger charge is 2.11. The van der Waals surface area contributed by atoms with E-state index in [-0.39, 0.29) is 6.04 Å². The topological polar surface area (TPSA) is 12.0 Å². The number of benzene rings is 2. The minimum Gasteiger partial charge on any atom is -0.306 e. The molecule has 0 heterocycles. The number of hydrogen-bond donors (Lipinski definition) is 1. The van der Waals surface area contributed by atoms with Crippen LogP contribution in [0.5, 0.6) is 0 Å². The van der Waals surface area contributed by atoms with E-state index in [0.717, 1.165) is 12.1 Å². The number of hydrogen-bond acceptors (Lipinski definition) is 1. The maximum absolute atomic E-state index is 6.25. The van der Waals surface area contributed by atoms with Gasteiger partial charge in [0.15, 0.2) is 0 Å². The van der Waals surface area contributed by atoms with Crippen molar-refractivity contribution in [3.05, 3.63) is 69.2 Å². The third-order valence-electron chi connectivity index (χ3n) is 3.71. The number of halogens is 2. The zero-order chi connectivity index (χ0) is 15.4. The van der Waals surface area contributed by atoms with Gasteiger partial charge in [-0.2, -0.15) is 0 Å². The molecule has 0 amide bonds. The van der Waals surface area contributed by atoms with Gasteiger partial charge in [0.05, 0.1) is 10.0 Å². The van der Waals surface area contributed by atoms with Gasteiger partial charge in [-0.15, -0.1) is 0 Å². The first kappa shape index (κ1) is 16.4. The van der Waals surface area contributed by atoms with Gasteiger partial charge in [0.1, 0.15) is 0 Å². The zero-order valence-corrected chi connectivity index (χ0v) is 14.2. The minimum atomic E-state index is 0.154. The molecular weight excluding hydrogens is 301 g/mol. The molecule has 2 rings (SSSR count). The van der Waals surface area contributed by atoms with E-state index in [1.54, 1.807) is 0 Å². The van der Waals surface area contributed by atoms with Crippen LogP contribution in [0.2, 0.25) is 10.0 Å². The molecule has 1 unspecified atom stereocenters. The van der Waals surface area contributed by atoms with Crippen LogP contribution in [0, 0.1) is 0 Å². The summed E-state index contributed by atoms with van der Waals surface area (Å²) in [6.45, 7) is 7.31. The Bertz CT molecular complexity index is 591. The Morgan fingerprint density at radius 1 is 0.952 bits per heavy atom. The lowest BCUT2D eigenvalue weighted by Gasteiger charge is -2.16. The highest BCUT2D eigenvalue weighted by Crippen LogP contribution is 2.29. The van der Waals surface area contributed by atoms with Gasteiger partial charge in [0, 0.05) is 12.6 Å². The van der Waals surface area contributed by atoms with E-state index in [1.165, 1.54) is 11.1 Å². The van der Waals surface area contributed by atoms with Crippen LogP contribution in [-0.2, 0) is 6.54 Å². The summed E-state index contributed by atoms with van der Waals surface area (Å²) < 4.78 is 0. The summed E-state index contributed by atoms with van der Waals surface area (Å²) in [5.74, 6) is 0.566. The smallest absolute Gasteiger partial charge is 0.0639 e. The predicted molar refractivity (Wildman–Crippen MR) is 92.2 cm³/mol. The van der Waals surface area contributed by atoms with Crippen molar-refractivity contribution >= 4 is 23.2 Å². The molecule has 0 radical (unpaired) electrons. The Morgan fingerprint density at radius 2 is 1.62 bits per heavy atom. The predicted octanol–water partition coefficient (Wildman–Crippen LogP) is 5.97. The third-order valence-corrected chi connectivity index (χ3v) is 4.54. The van der Waals surface area contributed by atoms with Crippen molar-refractivity contribution in [2.24, 2.45) is 0 Å². The van der Waals surface area contributed by atoms with Gasteiger partial charge in [-0.25, -0.2) is 0 Å². The largest absolute Gasteiger partial charge is 0.306 e. The van der Waals surface area contributed by atoms with Gasteiger partial charge >= 0.3 is 0 Å². The summed E-state index contributed by atoms with van der Waals surface area (Å²) in [5, 5.41) is 4.72. The molecule has 1 atom stereocenters. The quantitative estimate of drug-likeness (QED) is 0.715. The Balaban J connectivity index is 2.00. The van der Waals surface area contributed by atoms with Crippen LogP contribution in [0.3, 0.4) is 0 Å². The molecule has 0 saturated carbocycles. The molecule has 0 fully saturated rings. The van der Waals surface area contributed by atoms with Crippen LogP contribution in [0.1, 0.15) is 49.4 Å². The Hall–Kier alpha value is -1.02. The lowest BCUT2D eigenvalue weighted by molar-refractivity contribution is 0.575. The lowest BCUT2D eigenvalue weighted by atomic mass is 10.0. The van der Waals surface area contributed by atoms with Gasteiger partial charge in [-0.3, -0.25) is 0 Å². The van der Waals surface area contributed by atoms with Crippen LogP contribution in [0.4, 0.5) is 0 Å². The molecule has 0 aliphatic carbocycles. The van der Waals surface area contributed by atoms with Gasteiger partial charge in [0.2, 0.25) is 0 Å². The molecule has 3 heteroatoms. The lowest BCUT2D eigenvalue weighted by Crippen LogP contribution is -2.18. The highest BCUT2D eigenvalue weighted by molar-refractivity contribution is 6.42. The Morgan fingerprint density at radius 3 is 2.24 bits per heavy atom. The molecule has 2 aromatic rings. The van der Waals surface area contributed by atoms with E-state index < -0.39 is 0 Å². The van der Waals surface area contributed by atoms with Gasteiger partial charge in [-0.1, -0.05) is 73.4 Å². The molecular formula is C18H21Cl2N. The molecule has 0 aromatic heterocycles. The maximum atomic E-state index is 6.25. The van der Waals surface area contributed by atoms with Crippen molar-refractivity contribution in [3.8, 4) is 0 Å². The van der Waals surface area contributed by atoms with Gasteiger partial charge in [0.25, 0.3) is 0 Å². The van der Waals surface area contributed by atoms with Crippen LogP contribution >= 0.6 is 23.2 Å². The number of nitrogens with one attached hydrogen (secondary N) is 1. The first-order chi connectivity index (χ1) is 9.99. The fourth-order valence-electron chi connectivity index (χ4n) is 2.26. The van der Waals surface area contributed by atoms with E-state index in [0.29, 0.717) is 16.0 Å². The van der Waals surface area contributed by atoms with Crippen molar-refractivity contribution in [2.45, 2.75) is 39.3 Å². The molecule has 21 heavy (non-hydrogen) atoms. The molecule has 0 bridgehead atoms. The van der Waals surface area contributed by atoms with Crippen molar-refractivity contribution in [1.82, 2.24) is 5.32 Å². The molecule has 1 N–H and O–H groups in total. The van der Waals surface area contributed by atoms with E-state index in [2.05, 4.69) is 50.4 Å². The van der Waals surface area contributed by atoms with Crippen LogP contribution in [0.15, 0.2) is 42.5 Å². The summed E-state index contributed by atoms with van der Waals surface area (Å²) in [5.41, 5.74) is 3.66. The molecule has 2 aromatic carbocycles. The average molecular weight is 322 g/mol. The number of rotatable bonds is 5. The van der Waals surface area contributed by atoms with Crippen molar-refractivity contribution in [1.29, 1.82) is 0 Å². The summed E-state index contributed by atoms with van der Waals surface area (Å²) in [7, 11) is 0.